The highest BCUT2D eigenvalue weighted by molar-refractivity contribution is 7.45. The highest BCUT2D eigenvalue weighted by atomic mass is 31.2. The molecule has 228 valence electrons. The average molecular weight is 565 g/mol. The minimum atomic E-state index is -4.50. The van der Waals surface area contributed by atoms with E-state index >= 15 is 0 Å². The van der Waals surface area contributed by atoms with Crippen molar-refractivity contribution in [3.63, 3.8) is 0 Å². The van der Waals surface area contributed by atoms with Crippen LogP contribution in [-0.4, -0.2) is 70.0 Å². The molecule has 0 aromatic rings. The molecule has 9 heteroatoms. The number of rotatable bonds is 28. The predicted molar refractivity (Wildman–Crippen MR) is 155 cm³/mol. The summed E-state index contributed by atoms with van der Waals surface area (Å²) in [7, 11) is -0.391. The van der Waals surface area contributed by atoms with E-state index in [1.54, 1.807) is 0 Å². The summed E-state index contributed by atoms with van der Waals surface area (Å²) in [6, 6.07) is 0. The van der Waals surface area contributed by atoms with Crippen LogP contribution in [0.15, 0.2) is 0 Å². The quantitative estimate of drug-likeness (QED) is 0.0674. The summed E-state index contributed by atoms with van der Waals surface area (Å²) in [5, 5.41) is 2.61. The van der Waals surface area contributed by atoms with Crippen LogP contribution in [0.5, 0.6) is 0 Å². The van der Waals surface area contributed by atoms with Crippen molar-refractivity contribution in [2.24, 2.45) is 0 Å². The van der Waals surface area contributed by atoms with Crippen molar-refractivity contribution >= 4 is 13.7 Å². The minimum Gasteiger partial charge on any atom is -0.756 e. The SMILES string of the molecule is CCCCCCCCCCCCCCCCOCC(CNC(C)=O)OP(=O)([O-])OCC[N+](C)(C)CCCC. The molecule has 0 fully saturated rings. The number of hydrogen-bond acceptors (Lipinski definition) is 6. The van der Waals surface area contributed by atoms with Gasteiger partial charge in [0.25, 0.3) is 7.82 Å². The van der Waals surface area contributed by atoms with Gasteiger partial charge in [0.05, 0.1) is 27.2 Å². The van der Waals surface area contributed by atoms with Gasteiger partial charge in [-0.2, -0.15) is 0 Å². The lowest BCUT2D eigenvalue weighted by Crippen LogP contribution is -2.43. The van der Waals surface area contributed by atoms with Crippen LogP contribution in [0.1, 0.15) is 124 Å². The third-order valence-corrected chi connectivity index (χ3v) is 7.92. The lowest BCUT2D eigenvalue weighted by molar-refractivity contribution is -0.890. The van der Waals surface area contributed by atoms with Crippen molar-refractivity contribution in [1.82, 2.24) is 5.32 Å². The summed E-state index contributed by atoms with van der Waals surface area (Å²) in [6.45, 7) is 8.06. The van der Waals surface area contributed by atoms with Crippen LogP contribution >= 0.6 is 7.82 Å². The molecule has 0 aliphatic carbocycles. The van der Waals surface area contributed by atoms with Crippen LogP contribution in [-0.2, 0) is 23.1 Å². The van der Waals surface area contributed by atoms with Gasteiger partial charge >= 0.3 is 0 Å². The van der Waals surface area contributed by atoms with E-state index in [0.29, 0.717) is 17.6 Å². The Balaban J connectivity index is 4.00. The third-order valence-electron chi connectivity index (χ3n) is 6.87. The Hall–Kier alpha value is -0.500. The molecule has 0 bridgehead atoms. The van der Waals surface area contributed by atoms with Gasteiger partial charge in [0.2, 0.25) is 5.91 Å². The zero-order valence-electron chi connectivity index (χ0n) is 25.5. The molecule has 0 radical (unpaired) electrons. The molecular formula is C29H61N2O6P. The van der Waals surface area contributed by atoms with E-state index in [-0.39, 0.29) is 25.7 Å². The maximum absolute atomic E-state index is 12.4. The molecule has 0 saturated carbocycles. The Morgan fingerprint density at radius 2 is 1.29 bits per heavy atom. The van der Waals surface area contributed by atoms with E-state index in [1.807, 2.05) is 0 Å². The highest BCUT2D eigenvalue weighted by Gasteiger charge is 2.21. The molecule has 0 aromatic carbocycles. The zero-order chi connectivity index (χ0) is 28.5. The maximum Gasteiger partial charge on any atom is 0.268 e. The Labute approximate surface area is 234 Å². The van der Waals surface area contributed by atoms with Crippen LogP contribution in [0.25, 0.3) is 0 Å². The number of amides is 1. The van der Waals surface area contributed by atoms with Crippen LogP contribution in [0.4, 0.5) is 0 Å². The molecule has 2 atom stereocenters. The maximum atomic E-state index is 12.4. The predicted octanol–water partition coefficient (Wildman–Crippen LogP) is 6.37. The summed E-state index contributed by atoms with van der Waals surface area (Å²) in [5.41, 5.74) is 0. The largest absolute Gasteiger partial charge is 0.756 e. The van der Waals surface area contributed by atoms with Gasteiger partial charge in [-0.25, -0.2) is 0 Å². The van der Waals surface area contributed by atoms with Crippen molar-refractivity contribution < 1.29 is 32.5 Å². The van der Waals surface area contributed by atoms with Crippen molar-refractivity contribution in [2.45, 2.75) is 130 Å². The standard InChI is InChI=1S/C29H61N2O6P/c1-6-8-10-11-12-13-14-15-16-17-18-19-20-21-24-35-27-29(26-30-28(3)32)37-38(33,34)36-25-23-31(4,5)22-9-7-2/h29H,6-27H2,1-5H3,(H-,30,32,33,34). The Bertz CT molecular complexity index is 606. The first-order valence-electron chi connectivity index (χ1n) is 15.4. The highest BCUT2D eigenvalue weighted by Crippen LogP contribution is 2.39. The van der Waals surface area contributed by atoms with E-state index in [2.05, 4.69) is 33.3 Å². The number of nitrogens with one attached hydrogen (secondary N) is 1. The van der Waals surface area contributed by atoms with Crippen molar-refractivity contribution in [3.05, 3.63) is 0 Å². The molecule has 2 unspecified atom stereocenters. The summed E-state index contributed by atoms with van der Waals surface area (Å²) in [5.74, 6) is -0.248. The lowest BCUT2D eigenvalue weighted by atomic mass is 10.0. The van der Waals surface area contributed by atoms with Gasteiger partial charge in [0, 0.05) is 20.1 Å². The fourth-order valence-electron chi connectivity index (χ4n) is 4.31. The molecule has 0 aliphatic rings. The smallest absolute Gasteiger partial charge is 0.268 e. The van der Waals surface area contributed by atoms with Gasteiger partial charge in [0.1, 0.15) is 19.3 Å². The first kappa shape index (κ1) is 37.5. The van der Waals surface area contributed by atoms with E-state index in [4.69, 9.17) is 13.8 Å². The van der Waals surface area contributed by atoms with Gasteiger partial charge in [-0.15, -0.1) is 0 Å². The monoisotopic (exact) mass is 564 g/mol. The molecular weight excluding hydrogens is 503 g/mol. The minimum absolute atomic E-state index is 0.0573. The lowest BCUT2D eigenvalue weighted by Gasteiger charge is -2.32. The number of carbonyl (C=O) groups excluding carboxylic acids is 1. The second-order valence-electron chi connectivity index (χ2n) is 11.4. The van der Waals surface area contributed by atoms with Crippen LogP contribution < -0.4 is 10.2 Å². The molecule has 0 aliphatic heterocycles. The van der Waals surface area contributed by atoms with Gasteiger partial charge in [-0.1, -0.05) is 104 Å². The molecule has 8 nitrogen and oxygen atoms in total. The molecule has 0 spiro atoms. The number of hydrogen-bond donors (Lipinski definition) is 1. The van der Waals surface area contributed by atoms with E-state index in [1.165, 1.54) is 84.0 Å². The van der Waals surface area contributed by atoms with Crippen LogP contribution in [0.2, 0.25) is 0 Å². The van der Waals surface area contributed by atoms with Gasteiger partial charge in [-0.05, 0) is 12.8 Å². The van der Waals surface area contributed by atoms with Crippen LogP contribution in [0, 0.1) is 0 Å². The third kappa shape index (κ3) is 25.8. The topological polar surface area (TPSA) is 96.9 Å². The summed E-state index contributed by atoms with van der Waals surface area (Å²) >= 11 is 0. The molecule has 1 N–H and O–H groups in total. The number of likely N-dealkylation sites (N-methyl/N-ethyl adjacent to an activating group) is 1. The summed E-state index contributed by atoms with van der Waals surface area (Å²) in [6.07, 6.45) is 19.5. The molecule has 0 heterocycles. The average Bonchev–Trinajstić information content (AvgIpc) is 2.85. The Morgan fingerprint density at radius 1 is 0.789 bits per heavy atom. The van der Waals surface area contributed by atoms with E-state index < -0.39 is 13.9 Å². The first-order chi connectivity index (χ1) is 18.1. The van der Waals surface area contributed by atoms with Crippen molar-refractivity contribution in [1.29, 1.82) is 0 Å². The number of quaternary nitrogens is 1. The van der Waals surface area contributed by atoms with Gasteiger partial charge in [0.15, 0.2) is 0 Å². The Morgan fingerprint density at radius 3 is 1.79 bits per heavy atom. The van der Waals surface area contributed by atoms with Gasteiger partial charge < -0.3 is 28.5 Å². The number of ether oxygens (including phenoxy) is 1. The summed E-state index contributed by atoms with van der Waals surface area (Å²) in [4.78, 5) is 23.7. The molecule has 0 rings (SSSR count). The molecule has 0 aromatic heterocycles. The van der Waals surface area contributed by atoms with Gasteiger partial charge in [-0.3, -0.25) is 9.36 Å². The Kier molecular flexibility index (Phi) is 24.0. The van der Waals surface area contributed by atoms with E-state index in [9.17, 15) is 14.3 Å². The zero-order valence-corrected chi connectivity index (χ0v) is 26.4. The fourth-order valence-corrected chi connectivity index (χ4v) is 5.17. The first-order valence-corrected chi connectivity index (χ1v) is 16.9. The fraction of sp³-hybridized carbons (Fsp3) is 0.966. The molecule has 1 amide bonds. The number of phosphoric ester groups is 1. The molecule has 0 saturated heterocycles. The van der Waals surface area contributed by atoms with Crippen molar-refractivity contribution in [3.8, 4) is 0 Å². The second-order valence-corrected chi connectivity index (χ2v) is 12.7. The number of unbranched alkanes of at least 4 members (excludes halogenated alkanes) is 14. The number of phosphoric acid groups is 1. The normalized spacial score (nSPS) is 14.4. The summed E-state index contributed by atoms with van der Waals surface area (Å²) < 4.78 is 29.1. The number of nitrogens with zero attached hydrogens (tertiary/aromatic N) is 1. The van der Waals surface area contributed by atoms with Crippen LogP contribution in [0.3, 0.4) is 0 Å². The van der Waals surface area contributed by atoms with Crippen molar-refractivity contribution in [2.75, 3.05) is 53.6 Å². The number of carbonyl (C=O) groups is 1. The molecule has 38 heavy (non-hydrogen) atoms. The second kappa shape index (κ2) is 24.3. The van der Waals surface area contributed by atoms with E-state index in [0.717, 1.165) is 32.2 Å².